The number of halogens is 1. The summed E-state index contributed by atoms with van der Waals surface area (Å²) in [5.41, 5.74) is 2.06. The van der Waals surface area contributed by atoms with Crippen molar-refractivity contribution in [1.29, 1.82) is 0 Å². The summed E-state index contributed by atoms with van der Waals surface area (Å²) in [7, 11) is 1.67. The molecule has 4 N–H and O–H groups in total. The summed E-state index contributed by atoms with van der Waals surface area (Å²) in [6, 6.07) is 18.2. The molecule has 3 aromatic carbocycles. The molecule has 0 spiro atoms. The molecule has 0 aliphatic carbocycles. The molecule has 11 heteroatoms. The maximum Gasteiger partial charge on any atom is 0.323 e. The third-order valence-corrected chi connectivity index (χ3v) is 7.10. The average molecular weight is 578 g/mol. The number of rotatable bonds is 7. The number of carbonyl (C=O) groups is 3. The molecule has 0 unspecified atom stereocenters. The maximum atomic E-state index is 13.4. The molecule has 5 amide bonds. The van der Waals surface area contributed by atoms with Gasteiger partial charge < -0.3 is 35.6 Å². The minimum atomic E-state index is -0.537. The molecule has 0 bridgehead atoms. The monoisotopic (exact) mass is 577 g/mol. The van der Waals surface area contributed by atoms with Gasteiger partial charge in [0.2, 0.25) is 5.91 Å². The summed E-state index contributed by atoms with van der Waals surface area (Å²) in [4.78, 5) is 42.1. The molecule has 1 aliphatic heterocycles. The number of urea groups is 2. The number of aliphatic hydroxyl groups is 1. The van der Waals surface area contributed by atoms with E-state index in [2.05, 4.69) is 16.0 Å². The number of nitrogens with zero attached hydrogens (tertiary/aromatic N) is 2. The fourth-order valence-electron chi connectivity index (χ4n) is 4.65. The number of amides is 5. The highest BCUT2D eigenvalue weighted by atomic mass is 19.1. The van der Waals surface area contributed by atoms with Crippen LogP contribution in [-0.4, -0.2) is 71.8 Å². The van der Waals surface area contributed by atoms with Crippen molar-refractivity contribution in [2.75, 3.05) is 42.7 Å². The van der Waals surface area contributed by atoms with E-state index in [0.717, 1.165) is 0 Å². The van der Waals surface area contributed by atoms with Gasteiger partial charge in [-0.2, -0.15) is 0 Å². The lowest BCUT2D eigenvalue weighted by molar-refractivity contribution is -0.134. The predicted molar refractivity (Wildman–Crippen MR) is 159 cm³/mol. The van der Waals surface area contributed by atoms with Crippen LogP contribution in [0.2, 0.25) is 0 Å². The summed E-state index contributed by atoms with van der Waals surface area (Å²) in [5.74, 6) is -0.347. The van der Waals surface area contributed by atoms with E-state index in [0.29, 0.717) is 34.9 Å². The summed E-state index contributed by atoms with van der Waals surface area (Å²) in [6.45, 7) is 4.06. The third-order valence-electron chi connectivity index (χ3n) is 7.10. The van der Waals surface area contributed by atoms with Crippen molar-refractivity contribution in [1.82, 2.24) is 9.80 Å². The fraction of sp³-hybridized carbons (Fsp3) is 0.323. The van der Waals surface area contributed by atoms with Crippen molar-refractivity contribution in [2.24, 2.45) is 5.92 Å². The minimum absolute atomic E-state index is 0.0153. The van der Waals surface area contributed by atoms with Gasteiger partial charge in [0.1, 0.15) is 17.7 Å². The van der Waals surface area contributed by atoms with Crippen LogP contribution in [0.25, 0.3) is 0 Å². The van der Waals surface area contributed by atoms with Gasteiger partial charge in [0.15, 0.2) is 0 Å². The molecular weight excluding hydrogens is 541 g/mol. The Bertz CT molecular complexity index is 1390. The minimum Gasteiger partial charge on any atom is -0.488 e. The van der Waals surface area contributed by atoms with Crippen molar-refractivity contribution in [3.8, 4) is 5.75 Å². The van der Waals surface area contributed by atoms with Gasteiger partial charge in [-0.3, -0.25) is 4.79 Å². The Morgan fingerprint density at radius 3 is 2.36 bits per heavy atom. The van der Waals surface area contributed by atoms with E-state index in [9.17, 15) is 23.9 Å². The number of para-hydroxylation sites is 1. The van der Waals surface area contributed by atoms with Crippen molar-refractivity contribution in [3.05, 3.63) is 84.2 Å². The number of nitrogens with one attached hydrogen (secondary N) is 3. The first-order valence-electron chi connectivity index (χ1n) is 13.7. The number of hydrogen-bond donors (Lipinski definition) is 4. The third kappa shape index (κ3) is 7.97. The van der Waals surface area contributed by atoms with Crippen LogP contribution >= 0.6 is 0 Å². The Kier molecular flexibility index (Phi) is 9.98. The molecule has 222 valence electrons. The lowest BCUT2D eigenvalue weighted by atomic mass is 10.0. The number of benzene rings is 3. The van der Waals surface area contributed by atoms with E-state index in [1.54, 1.807) is 49.2 Å². The van der Waals surface area contributed by atoms with E-state index < -0.39 is 24.0 Å². The Balaban J connectivity index is 1.55. The number of aliphatic hydroxyl groups excluding tert-OH is 1. The quantitative estimate of drug-likeness (QED) is 0.322. The molecule has 3 atom stereocenters. The van der Waals surface area contributed by atoms with Crippen molar-refractivity contribution in [2.45, 2.75) is 32.4 Å². The molecule has 1 aliphatic rings. The first-order chi connectivity index (χ1) is 20.1. The van der Waals surface area contributed by atoms with Crippen LogP contribution in [0.3, 0.4) is 0 Å². The second-order valence-corrected chi connectivity index (χ2v) is 10.5. The smallest absolute Gasteiger partial charge is 0.323 e. The van der Waals surface area contributed by atoms with Gasteiger partial charge in [-0.15, -0.1) is 0 Å². The Hall–Kier alpha value is -4.64. The highest BCUT2D eigenvalue weighted by molar-refractivity contribution is 6.00. The van der Waals surface area contributed by atoms with Gasteiger partial charge in [0.25, 0.3) is 0 Å². The highest BCUT2D eigenvalue weighted by Crippen LogP contribution is 2.29. The fourth-order valence-corrected chi connectivity index (χ4v) is 4.65. The van der Waals surface area contributed by atoms with Crippen molar-refractivity contribution >= 4 is 35.0 Å². The summed E-state index contributed by atoms with van der Waals surface area (Å²) >= 11 is 0. The molecule has 0 aromatic heterocycles. The van der Waals surface area contributed by atoms with Gasteiger partial charge in [-0.25, -0.2) is 14.0 Å². The van der Waals surface area contributed by atoms with Crippen LogP contribution in [-0.2, 0) is 11.2 Å². The average Bonchev–Trinajstić information content (AvgIpc) is 3.01. The predicted octanol–water partition coefficient (Wildman–Crippen LogP) is 4.78. The van der Waals surface area contributed by atoms with Crippen LogP contribution in [0.15, 0.2) is 72.8 Å². The first-order valence-corrected chi connectivity index (χ1v) is 13.7. The van der Waals surface area contributed by atoms with Gasteiger partial charge >= 0.3 is 12.1 Å². The largest absolute Gasteiger partial charge is 0.488 e. The molecule has 42 heavy (non-hydrogen) atoms. The van der Waals surface area contributed by atoms with E-state index in [1.807, 2.05) is 25.1 Å². The van der Waals surface area contributed by atoms with Crippen molar-refractivity contribution in [3.63, 3.8) is 0 Å². The normalized spacial score (nSPS) is 17.5. The topological polar surface area (TPSA) is 123 Å². The van der Waals surface area contributed by atoms with Crippen LogP contribution in [0, 0.1) is 11.7 Å². The number of ether oxygens (including phenoxy) is 1. The number of fused-ring (bicyclic) bond motifs is 1. The van der Waals surface area contributed by atoms with E-state index >= 15 is 0 Å². The van der Waals surface area contributed by atoms with Crippen LogP contribution < -0.4 is 20.7 Å². The molecule has 3 aromatic rings. The number of carbonyl (C=O) groups excluding carboxylic acids is 3. The van der Waals surface area contributed by atoms with Gasteiger partial charge in [0.05, 0.1) is 25.6 Å². The second kappa shape index (κ2) is 13.8. The van der Waals surface area contributed by atoms with Crippen LogP contribution in [0.4, 0.5) is 31.0 Å². The maximum absolute atomic E-state index is 13.4. The Morgan fingerprint density at radius 2 is 1.67 bits per heavy atom. The molecule has 10 nitrogen and oxygen atoms in total. The zero-order valence-corrected chi connectivity index (χ0v) is 23.8. The van der Waals surface area contributed by atoms with E-state index in [-0.39, 0.29) is 37.4 Å². The van der Waals surface area contributed by atoms with Gasteiger partial charge in [-0.1, -0.05) is 25.1 Å². The lowest BCUT2D eigenvalue weighted by Gasteiger charge is -2.34. The zero-order valence-electron chi connectivity index (χ0n) is 23.8. The second-order valence-electron chi connectivity index (χ2n) is 10.5. The van der Waals surface area contributed by atoms with Gasteiger partial charge in [0, 0.05) is 42.1 Å². The number of anilines is 3. The van der Waals surface area contributed by atoms with Crippen LogP contribution in [0.5, 0.6) is 5.75 Å². The summed E-state index contributed by atoms with van der Waals surface area (Å²) in [5, 5.41) is 18.1. The first kappa shape index (κ1) is 30.3. The molecule has 0 radical (unpaired) electrons. The Morgan fingerprint density at radius 1 is 1.02 bits per heavy atom. The zero-order chi connectivity index (χ0) is 30.2. The van der Waals surface area contributed by atoms with Gasteiger partial charge in [-0.05, 0) is 61.5 Å². The van der Waals surface area contributed by atoms with Crippen LogP contribution in [0.1, 0.15) is 19.4 Å². The highest BCUT2D eigenvalue weighted by Gasteiger charge is 2.32. The molecule has 0 fully saturated rings. The SMILES string of the molecule is C[C@@H]1CN([C@@H](C)CO)C(=O)Cc2cc(NC(=O)Nc3ccc(F)cc3)ccc2O[C@@H]1CN(C)C(=O)Nc1ccccc1. The van der Waals surface area contributed by atoms with Crippen molar-refractivity contribution < 1.29 is 28.6 Å². The van der Waals surface area contributed by atoms with E-state index in [1.165, 1.54) is 29.2 Å². The molecular formula is C31H36FN5O5. The molecule has 0 saturated heterocycles. The number of likely N-dealkylation sites (N-methyl/N-ethyl adjacent to an activating group) is 1. The van der Waals surface area contributed by atoms with E-state index in [4.69, 9.17) is 4.74 Å². The summed E-state index contributed by atoms with van der Waals surface area (Å²) < 4.78 is 19.6. The standard InChI is InChI=1S/C31H36FN5O5/c1-20-17-37(21(2)19-38)29(39)16-22-15-26(34-30(40)33-25-11-9-23(32)10-12-25)13-14-27(22)42-28(20)18-36(3)31(41)35-24-7-5-4-6-8-24/h4-15,20-21,28,38H,16-19H2,1-3H3,(H,35,41)(H2,33,34,40)/t20-,21+,28-/m1/s1. The Labute approximate surface area is 244 Å². The lowest BCUT2D eigenvalue weighted by Crippen LogP contribution is -2.48. The molecule has 4 rings (SSSR count). The summed E-state index contributed by atoms with van der Waals surface area (Å²) in [6.07, 6.45) is -0.506. The molecule has 1 heterocycles. The molecule has 0 saturated carbocycles. The number of hydrogen-bond acceptors (Lipinski definition) is 5.